The maximum Gasteiger partial charge on any atom is 0.171 e. The Labute approximate surface area is 203 Å². The van der Waals surface area contributed by atoms with Crippen LogP contribution in [0.25, 0.3) is 27.6 Å². The van der Waals surface area contributed by atoms with Gasteiger partial charge in [0, 0.05) is 18.0 Å². The molecular formula is C27H25N7O. The highest BCUT2D eigenvalue weighted by molar-refractivity contribution is 6.03. The molecule has 0 saturated carbocycles. The number of rotatable bonds is 8. The lowest BCUT2D eigenvalue weighted by atomic mass is 10.0. The molecule has 8 heteroatoms. The highest BCUT2D eigenvalue weighted by Gasteiger charge is 2.15. The summed E-state index contributed by atoms with van der Waals surface area (Å²) < 4.78 is 0. The lowest BCUT2D eigenvalue weighted by molar-refractivity contribution is 0.318. The van der Waals surface area contributed by atoms with Crippen molar-refractivity contribution in [2.24, 2.45) is 15.9 Å². The molecule has 0 bridgehead atoms. The molecule has 2 heterocycles. The van der Waals surface area contributed by atoms with Crippen LogP contribution in [0, 0.1) is 0 Å². The van der Waals surface area contributed by atoms with Gasteiger partial charge >= 0.3 is 0 Å². The zero-order valence-corrected chi connectivity index (χ0v) is 19.3. The molecule has 2 aromatic heterocycles. The SMILES string of the molecule is C=N/C=C(\C=C(/C)c1nc(NCc2ccccn2)c2c(-c3ccccc3)cccc2n1)C(/N)=N/O. The molecule has 0 atom stereocenters. The molecule has 0 aliphatic carbocycles. The van der Waals surface area contributed by atoms with Crippen molar-refractivity contribution in [3.05, 3.63) is 102 Å². The maximum absolute atomic E-state index is 9.10. The molecule has 0 fully saturated rings. The van der Waals surface area contributed by atoms with Crippen LogP contribution in [0.2, 0.25) is 0 Å². The van der Waals surface area contributed by atoms with Gasteiger partial charge in [-0.25, -0.2) is 9.97 Å². The van der Waals surface area contributed by atoms with Crippen LogP contribution in [0.15, 0.2) is 101 Å². The number of anilines is 1. The average Bonchev–Trinajstić information content (AvgIpc) is 2.91. The Bertz CT molecular complexity index is 1430. The van der Waals surface area contributed by atoms with Crippen molar-refractivity contribution in [1.82, 2.24) is 15.0 Å². The Kier molecular flexibility index (Phi) is 7.22. The Morgan fingerprint density at radius 3 is 2.57 bits per heavy atom. The molecule has 0 amide bonds. The van der Waals surface area contributed by atoms with E-state index in [4.69, 9.17) is 20.9 Å². The maximum atomic E-state index is 9.10. The Morgan fingerprint density at radius 2 is 1.86 bits per heavy atom. The van der Waals surface area contributed by atoms with Gasteiger partial charge in [-0.05, 0) is 54.6 Å². The smallest absolute Gasteiger partial charge is 0.171 e. The Morgan fingerprint density at radius 1 is 1.06 bits per heavy atom. The van der Waals surface area contributed by atoms with Crippen LogP contribution >= 0.6 is 0 Å². The third-order valence-electron chi connectivity index (χ3n) is 5.33. The first-order valence-electron chi connectivity index (χ1n) is 10.9. The number of aromatic nitrogens is 3. The van der Waals surface area contributed by atoms with Gasteiger partial charge < -0.3 is 16.3 Å². The molecule has 0 aliphatic rings. The summed E-state index contributed by atoms with van der Waals surface area (Å²) in [6.45, 7) is 5.80. The number of nitrogens with two attached hydrogens (primary N) is 1. The van der Waals surface area contributed by atoms with E-state index >= 15 is 0 Å². The number of fused-ring (bicyclic) bond motifs is 1. The van der Waals surface area contributed by atoms with E-state index in [1.807, 2.05) is 55.5 Å². The Balaban J connectivity index is 1.87. The van der Waals surface area contributed by atoms with E-state index < -0.39 is 0 Å². The van der Waals surface area contributed by atoms with Crippen molar-refractivity contribution in [2.75, 3.05) is 5.32 Å². The monoisotopic (exact) mass is 463 g/mol. The quantitative estimate of drug-likeness (QED) is 0.111. The molecule has 174 valence electrons. The van der Waals surface area contributed by atoms with Gasteiger partial charge in [0.25, 0.3) is 0 Å². The van der Waals surface area contributed by atoms with E-state index in [9.17, 15) is 0 Å². The topological polar surface area (TPSA) is 122 Å². The fourth-order valence-electron chi connectivity index (χ4n) is 3.65. The highest BCUT2D eigenvalue weighted by atomic mass is 16.4. The second-order valence-corrected chi connectivity index (χ2v) is 7.72. The van der Waals surface area contributed by atoms with Crippen LogP contribution in [-0.4, -0.2) is 32.7 Å². The van der Waals surface area contributed by atoms with Crippen LogP contribution in [0.4, 0.5) is 5.82 Å². The summed E-state index contributed by atoms with van der Waals surface area (Å²) in [6, 6.07) is 21.9. The van der Waals surface area contributed by atoms with E-state index in [-0.39, 0.29) is 5.84 Å². The minimum absolute atomic E-state index is 0.0857. The van der Waals surface area contributed by atoms with Crippen molar-refractivity contribution >= 4 is 34.8 Å². The molecule has 0 radical (unpaired) electrons. The predicted molar refractivity (Wildman–Crippen MR) is 141 cm³/mol. The van der Waals surface area contributed by atoms with Gasteiger partial charge in [-0.1, -0.05) is 53.7 Å². The fraction of sp³-hybridized carbons (Fsp3) is 0.0741. The average molecular weight is 464 g/mol. The van der Waals surface area contributed by atoms with Crippen molar-refractivity contribution in [2.45, 2.75) is 13.5 Å². The number of aliphatic imine (C=N–C) groups is 1. The predicted octanol–water partition coefficient (Wildman–Crippen LogP) is 5.04. The number of nitrogens with zero attached hydrogens (tertiary/aromatic N) is 5. The van der Waals surface area contributed by atoms with Crippen LogP contribution in [0.1, 0.15) is 18.4 Å². The molecule has 0 spiro atoms. The molecule has 0 saturated heterocycles. The molecule has 0 aliphatic heterocycles. The first kappa shape index (κ1) is 23.3. The van der Waals surface area contributed by atoms with E-state index in [1.165, 1.54) is 6.20 Å². The fourth-order valence-corrected chi connectivity index (χ4v) is 3.65. The number of hydrogen-bond donors (Lipinski definition) is 3. The van der Waals surface area contributed by atoms with Crippen LogP contribution in [0.5, 0.6) is 0 Å². The summed E-state index contributed by atoms with van der Waals surface area (Å²) in [4.78, 5) is 17.8. The minimum Gasteiger partial charge on any atom is -0.409 e. The van der Waals surface area contributed by atoms with Gasteiger partial charge in [0.1, 0.15) is 5.82 Å². The van der Waals surface area contributed by atoms with Crippen LogP contribution in [-0.2, 0) is 6.54 Å². The van der Waals surface area contributed by atoms with E-state index in [0.29, 0.717) is 29.3 Å². The number of oxime groups is 1. The number of benzene rings is 2. The summed E-state index contributed by atoms with van der Waals surface area (Å²) in [5, 5.41) is 16.5. The van der Waals surface area contributed by atoms with E-state index in [1.54, 1.807) is 12.3 Å². The van der Waals surface area contributed by atoms with Crippen LogP contribution < -0.4 is 11.1 Å². The second-order valence-electron chi connectivity index (χ2n) is 7.72. The number of nitrogens with one attached hydrogen (secondary N) is 1. The van der Waals surface area contributed by atoms with Gasteiger partial charge in [0.05, 0.1) is 23.1 Å². The zero-order chi connectivity index (χ0) is 24.6. The van der Waals surface area contributed by atoms with E-state index in [2.05, 4.69) is 45.4 Å². The second kappa shape index (κ2) is 10.8. The van der Waals surface area contributed by atoms with Gasteiger partial charge in [-0.2, -0.15) is 0 Å². The molecule has 8 nitrogen and oxygen atoms in total. The molecule has 0 unspecified atom stereocenters. The lowest BCUT2D eigenvalue weighted by Crippen LogP contribution is -2.14. The van der Waals surface area contributed by atoms with Gasteiger partial charge in [0.2, 0.25) is 0 Å². The minimum atomic E-state index is -0.0857. The summed E-state index contributed by atoms with van der Waals surface area (Å²) in [5.74, 6) is 1.09. The van der Waals surface area contributed by atoms with Gasteiger partial charge in [-0.15, -0.1) is 0 Å². The van der Waals surface area contributed by atoms with Crippen molar-refractivity contribution in [1.29, 1.82) is 0 Å². The molecular weight excluding hydrogens is 438 g/mol. The molecule has 4 rings (SSSR count). The molecule has 35 heavy (non-hydrogen) atoms. The first-order chi connectivity index (χ1) is 17.1. The molecule has 2 aromatic carbocycles. The number of allylic oxidation sites excluding steroid dienone is 1. The van der Waals surface area contributed by atoms with Gasteiger partial charge in [-0.3, -0.25) is 9.98 Å². The summed E-state index contributed by atoms with van der Waals surface area (Å²) in [5.41, 5.74) is 10.6. The standard InChI is InChI=1S/C27H25N7O/c1-18(15-20(16-29-2)25(28)34-35)26-32-23-13-8-12-22(19-9-4-3-5-10-19)24(23)27(33-26)31-17-21-11-6-7-14-30-21/h3-16,35H,2,17H2,1H3,(H2,28,34)(H,31,32,33)/b18-15+,20-16+. The van der Waals surface area contributed by atoms with Gasteiger partial charge in [0.15, 0.2) is 11.7 Å². The normalized spacial score (nSPS) is 12.5. The third-order valence-corrected chi connectivity index (χ3v) is 5.33. The third kappa shape index (κ3) is 5.39. The van der Waals surface area contributed by atoms with Crippen LogP contribution in [0.3, 0.4) is 0 Å². The number of pyridine rings is 1. The number of hydrogen-bond acceptors (Lipinski definition) is 7. The summed E-state index contributed by atoms with van der Waals surface area (Å²) >= 11 is 0. The Hall–Kier alpha value is -4.85. The first-order valence-corrected chi connectivity index (χ1v) is 10.9. The molecule has 4 aromatic rings. The summed E-state index contributed by atoms with van der Waals surface area (Å²) in [6.07, 6.45) is 4.87. The van der Waals surface area contributed by atoms with Crippen molar-refractivity contribution in [3.63, 3.8) is 0 Å². The van der Waals surface area contributed by atoms with E-state index in [0.717, 1.165) is 27.7 Å². The summed E-state index contributed by atoms with van der Waals surface area (Å²) in [7, 11) is 0. The van der Waals surface area contributed by atoms with Crippen molar-refractivity contribution in [3.8, 4) is 11.1 Å². The van der Waals surface area contributed by atoms with Crippen molar-refractivity contribution < 1.29 is 5.21 Å². The zero-order valence-electron chi connectivity index (χ0n) is 19.3. The largest absolute Gasteiger partial charge is 0.409 e. The lowest BCUT2D eigenvalue weighted by Gasteiger charge is -2.15. The highest BCUT2D eigenvalue weighted by Crippen LogP contribution is 2.33. The number of amidine groups is 1. The molecule has 4 N–H and O–H groups in total.